The number of hydrogen-bond donors (Lipinski definition) is 0. The number of thiophene rings is 1. The summed E-state index contributed by atoms with van der Waals surface area (Å²) in [5.74, 6) is -0.391. The normalized spacial score (nSPS) is 12.7. The van der Waals surface area contributed by atoms with E-state index in [0.29, 0.717) is 0 Å². The maximum absolute atomic E-state index is 5.83. The second-order valence-corrected chi connectivity index (χ2v) is 19.7. The number of fused-ring (bicyclic) bond motifs is 6. The number of hydrogen-bond acceptors (Lipinski definition) is 5. The summed E-state index contributed by atoms with van der Waals surface area (Å²) in [5, 5.41) is 6.11. The van der Waals surface area contributed by atoms with Crippen LogP contribution in [0.4, 0.5) is 11.4 Å². The summed E-state index contributed by atoms with van der Waals surface area (Å²) in [6.07, 6.45) is 4.02. The molecular weight excluding hydrogens is 917 g/mol. The molecule has 0 saturated heterocycles. The van der Waals surface area contributed by atoms with Gasteiger partial charge in [-0.25, -0.2) is 9.98 Å². The lowest BCUT2D eigenvalue weighted by atomic mass is 9.75. The molecule has 0 amide bonds. The monoisotopic (exact) mass is 960 g/mol. The molecule has 0 radical (unpaired) electrons. The summed E-state index contributed by atoms with van der Waals surface area (Å²) in [7, 11) is 0. The first-order chi connectivity index (χ1) is 36.8. The fourth-order valence-corrected chi connectivity index (χ4v) is 12.3. The quantitative estimate of drug-likeness (QED) is 0.145. The Bertz CT molecular complexity index is 4330. The van der Waals surface area contributed by atoms with Gasteiger partial charge in [0, 0.05) is 83.7 Å². The number of nitrogens with zero attached hydrogens (tertiary/aromatic N) is 4. The molecule has 2 aliphatic heterocycles. The molecule has 3 aromatic heterocycles. The number of pyridine rings is 2. The molecule has 0 fully saturated rings. The van der Waals surface area contributed by atoms with Gasteiger partial charge in [0.1, 0.15) is 0 Å². The molecule has 0 N–H and O–H groups in total. The lowest BCUT2D eigenvalue weighted by Crippen LogP contribution is -2.20. The molecule has 0 saturated carbocycles. The van der Waals surface area contributed by atoms with Crippen LogP contribution in [0.25, 0.3) is 89.3 Å². The Balaban J connectivity index is 1.29. The van der Waals surface area contributed by atoms with Gasteiger partial charge in [-0.2, -0.15) is 0 Å². The molecule has 5 heteroatoms. The second kappa shape index (κ2) is 18.3. The fourth-order valence-electron chi connectivity index (χ4n) is 11.5. The van der Waals surface area contributed by atoms with E-state index >= 15 is 0 Å². The van der Waals surface area contributed by atoms with Gasteiger partial charge >= 0.3 is 0 Å². The van der Waals surface area contributed by atoms with Crippen LogP contribution >= 0.6 is 11.3 Å². The van der Waals surface area contributed by atoms with E-state index in [1.54, 1.807) is 11.3 Å². The van der Waals surface area contributed by atoms with E-state index in [1.807, 2.05) is 12.4 Å². The van der Waals surface area contributed by atoms with Gasteiger partial charge < -0.3 is 0 Å². The lowest BCUT2D eigenvalue weighted by Gasteiger charge is -2.29. The van der Waals surface area contributed by atoms with Gasteiger partial charge in [0.05, 0.1) is 33.5 Å². The third-order valence-corrected chi connectivity index (χ3v) is 15.5. The summed E-state index contributed by atoms with van der Waals surface area (Å²) in [5.41, 5.74) is 21.0. The molecule has 4 nitrogen and oxygen atoms in total. The standard InChI is InChI=1S/C69H44N4S/c1-6-22-44(23-7-1)49-39-41-71-68(58(49)45-24-8-2-9-25-45)65-60(47-28-12-4-13-29-47)62-52-33-17-19-37-56(52)73-69(62)63(54-35-20-34-51-50-32-16-18-36-55(50)72-67(51)54)64(65)61(57-38-21-43-74-57)53-40-42-70-66(48-30-14-5-15-31-48)59(53)46-26-10-3-11-27-46/h1-43,61H. The number of aromatic nitrogens is 2. The Hall–Kier alpha value is -9.42. The van der Waals surface area contributed by atoms with Crippen LogP contribution in [0.3, 0.4) is 0 Å². The van der Waals surface area contributed by atoms with Crippen molar-refractivity contribution in [3.05, 3.63) is 298 Å². The van der Waals surface area contributed by atoms with Crippen molar-refractivity contribution in [1.82, 2.24) is 9.97 Å². The van der Waals surface area contributed by atoms with Crippen molar-refractivity contribution >= 4 is 22.7 Å². The van der Waals surface area contributed by atoms with Crippen molar-refractivity contribution in [2.24, 2.45) is 9.98 Å². The molecule has 0 bridgehead atoms. The van der Waals surface area contributed by atoms with Crippen molar-refractivity contribution in [2.45, 2.75) is 5.92 Å². The average Bonchev–Trinajstić information content (AvgIpc) is 4.28. The highest BCUT2D eigenvalue weighted by atomic mass is 32.1. The second-order valence-electron chi connectivity index (χ2n) is 18.7. The van der Waals surface area contributed by atoms with Gasteiger partial charge in [0.15, 0.2) is 0 Å². The minimum atomic E-state index is -0.391. The molecule has 14 rings (SSSR count). The van der Waals surface area contributed by atoms with Crippen molar-refractivity contribution in [3.8, 4) is 89.3 Å². The summed E-state index contributed by atoms with van der Waals surface area (Å²) in [4.78, 5) is 23.6. The van der Waals surface area contributed by atoms with Gasteiger partial charge in [-0.1, -0.05) is 212 Å². The van der Waals surface area contributed by atoms with E-state index in [2.05, 4.69) is 248 Å². The van der Waals surface area contributed by atoms with Crippen LogP contribution in [-0.2, 0) is 0 Å². The minimum absolute atomic E-state index is 0.391. The smallest absolute Gasteiger partial charge is 0.0805 e. The molecular formula is C69H44N4S. The SMILES string of the molecule is c1ccc(-c2ccnc(-c3c(-c4ccccc4)c4c(c(=c5cccc6c5=Nc5ccccc5-6)c3C(c3cccs3)c3ccnc(-c5ccccc5)c3-c3ccccc3)=Nc3ccccc3-4)c2-c2ccccc2)cc1. The van der Waals surface area contributed by atoms with Crippen LogP contribution in [0.15, 0.2) is 270 Å². The van der Waals surface area contributed by atoms with Crippen LogP contribution in [0.2, 0.25) is 0 Å². The molecule has 346 valence electrons. The largest absolute Gasteiger partial charge is 0.256 e. The number of benzene rings is 9. The highest BCUT2D eigenvalue weighted by Crippen LogP contribution is 2.53. The van der Waals surface area contributed by atoms with Gasteiger partial charge in [-0.3, -0.25) is 9.97 Å². The maximum atomic E-state index is 5.83. The highest BCUT2D eigenvalue weighted by Gasteiger charge is 2.36. The van der Waals surface area contributed by atoms with Crippen molar-refractivity contribution in [2.75, 3.05) is 0 Å². The first kappa shape index (κ1) is 43.4. The molecule has 74 heavy (non-hydrogen) atoms. The Morgan fingerprint density at radius 3 is 1.51 bits per heavy atom. The molecule has 0 aliphatic carbocycles. The number of rotatable bonds is 9. The van der Waals surface area contributed by atoms with Crippen LogP contribution in [0.1, 0.15) is 21.9 Å². The lowest BCUT2D eigenvalue weighted by molar-refractivity contribution is 0.981. The maximum Gasteiger partial charge on any atom is 0.0805 e. The van der Waals surface area contributed by atoms with Gasteiger partial charge in [-0.05, 0) is 74.7 Å². The average molecular weight is 961 g/mol. The van der Waals surface area contributed by atoms with Crippen LogP contribution in [0, 0.1) is 10.4 Å². The van der Waals surface area contributed by atoms with Crippen LogP contribution in [0.5, 0.6) is 0 Å². The Morgan fingerprint density at radius 1 is 0.324 bits per heavy atom. The van der Waals surface area contributed by atoms with E-state index in [0.717, 1.165) is 133 Å². The van der Waals surface area contributed by atoms with Crippen molar-refractivity contribution < 1.29 is 0 Å². The molecule has 0 spiro atoms. The first-order valence-electron chi connectivity index (χ1n) is 25.1. The fraction of sp³-hybridized carbons (Fsp3) is 0.0145. The van der Waals surface area contributed by atoms with Gasteiger partial charge in [0.2, 0.25) is 0 Å². The van der Waals surface area contributed by atoms with E-state index in [1.165, 1.54) is 4.88 Å². The van der Waals surface area contributed by atoms with Gasteiger partial charge in [0.25, 0.3) is 0 Å². The summed E-state index contributed by atoms with van der Waals surface area (Å²) in [6, 6.07) is 86.7. The zero-order valence-electron chi connectivity index (χ0n) is 40.1. The zero-order chi connectivity index (χ0) is 49.0. The Labute approximate surface area is 433 Å². The molecule has 2 aliphatic rings. The molecule has 1 atom stereocenters. The third kappa shape index (κ3) is 7.20. The topological polar surface area (TPSA) is 50.5 Å². The molecule has 12 aromatic rings. The summed E-state index contributed by atoms with van der Waals surface area (Å²) in [6.45, 7) is 0. The Kier molecular flexibility index (Phi) is 10.7. The summed E-state index contributed by atoms with van der Waals surface area (Å²) >= 11 is 1.78. The van der Waals surface area contributed by atoms with Crippen LogP contribution < -0.4 is 10.7 Å². The van der Waals surface area contributed by atoms with Crippen LogP contribution in [-0.4, -0.2) is 9.97 Å². The van der Waals surface area contributed by atoms with E-state index in [-0.39, 0.29) is 0 Å². The van der Waals surface area contributed by atoms with Crippen molar-refractivity contribution in [1.29, 1.82) is 0 Å². The molecule has 9 aromatic carbocycles. The third-order valence-electron chi connectivity index (χ3n) is 14.6. The molecule has 1 unspecified atom stereocenters. The molecule has 5 heterocycles. The van der Waals surface area contributed by atoms with Crippen molar-refractivity contribution in [3.63, 3.8) is 0 Å². The summed E-state index contributed by atoms with van der Waals surface area (Å²) < 4.78 is 0. The highest BCUT2D eigenvalue weighted by molar-refractivity contribution is 7.10. The Morgan fingerprint density at radius 2 is 0.851 bits per heavy atom. The van der Waals surface area contributed by atoms with E-state index in [9.17, 15) is 0 Å². The van der Waals surface area contributed by atoms with E-state index < -0.39 is 5.92 Å². The predicted octanol–water partition coefficient (Wildman–Crippen LogP) is 16.9. The van der Waals surface area contributed by atoms with E-state index in [4.69, 9.17) is 20.0 Å². The first-order valence-corrected chi connectivity index (χ1v) is 25.9. The minimum Gasteiger partial charge on any atom is -0.256 e. The zero-order valence-corrected chi connectivity index (χ0v) is 40.9. The number of para-hydroxylation sites is 3. The van der Waals surface area contributed by atoms with Gasteiger partial charge in [-0.15, -0.1) is 11.3 Å². The predicted molar refractivity (Wildman–Crippen MR) is 303 cm³/mol.